The monoisotopic (exact) mass is 353 g/mol. The van der Waals surface area contributed by atoms with Crippen LogP contribution in [0.1, 0.15) is 39.1 Å². The maximum Gasteiger partial charge on any atom is 0.335 e. The fourth-order valence-electron chi connectivity index (χ4n) is 3.19. The number of aromatic carboxylic acids is 1. The van der Waals surface area contributed by atoms with Gasteiger partial charge in [-0.15, -0.1) is 0 Å². The average molecular weight is 353 g/mol. The molecule has 1 unspecified atom stereocenters. The predicted molar refractivity (Wildman–Crippen MR) is 98.4 cm³/mol. The molecule has 1 heterocycles. The standard InChI is InChI=1S/C21H23NO4/c23-20(17-9-4-10-18(14-17)21(24)25)22-12-11-19(15-22)26-13-5-8-16-6-2-1-3-7-16/h1-4,6-7,9-10,14,19H,5,8,11-13,15H2,(H,24,25). The Morgan fingerprint density at radius 3 is 2.62 bits per heavy atom. The van der Waals surface area contributed by atoms with Crippen molar-refractivity contribution < 1.29 is 19.4 Å². The van der Waals surface area contributed by atoms with Crippen LogP contribution in [-0.2, 0) is 11.2 Å². The molecule has 2 aromatic carbocycles. The number of carbonyl (C=O) groups is 2. The molecule has 1 fully saturated rings. The van der Waals surface area contributed by atoms with Gasteiger partial charge in [-0.2, -0.15) is 0 Å². The number of ether oxygens (including phenoxy) is 1. The van der Waals surface area contributed by atoms with Crippen LogP contribution in [0.4, 0.5) is 0 Å². The highest BCUT2D eigenvalue weighted by molar-refractivity contribution is 5.97. The van der Waals surface area contributed by atoms with Crippen molar-refractivity contribution in [2.75, 3.05) is 19.7 Å². The Labute approximate surface area is 153 Å². The number of hydrogen-bond donors (Lipinski definition) is 1. The van der Waals surface area contributed by atoms with Crippen LogP contribution in [0.25, 0.3) is 0 Å². The van der Waals surface area contributed by atoms with Crippen LogP contribution in [0.5, 0.6) is 0 Å². The lowest BCUT2D eigenvalue weighted by molar-refractivity contribution is 0.0524. The van der Waals surface area contributed by atoms with Crippen LogP contribution in [-0.4, -0.2) is 47.7 Å². The normalized spacial score (nSPS) is 16.6. The molecule has 5 heteroatoms. The summed E-state index contributed by atoms with van der Waals surface area (Å²) in [5.74, 6) is -1.16. The number of nitrogens with zero attached hydrogens (tertiary/aromatic N) is 1. The Bertz CT molecular complexity index is 760. The fraction of sp³-hybridized carbons (Fsp3) is 0.333. The average Bonchev–Trinajstić information content (AvgIpc) is 3.14. The molecule has 2 aromatic rings. The molecular weight excluding hydrogens is 330 g/mol. The van der Waals surface area contributed by atoms with E-state index in [2.05, 4.69) is 12.1 Å². The van der Waals surface area contributed by atoms with Crippen LogP contribution in [0.2, 0.25) is 0 Å². The van der Waals surface area contributed by atoms with Crippen molar-refractivity contribution in [3.8, 4) is 0 Å². The maximum absolute atomic E-state index is 12.6. The van der Waals surface area contributed by atoms with Crippen molar-refractivity contribution in [3.05, 3.63) is 71.3 Å². The highest BCUT2D eigenvalue weighted by Gasteiger charge is 2.27. The number of carboxylic acid groups (broad SMARTS) is 1. The van der Waals surface area contributed by atoms with E-state index in [1.165, 1.54) is 17.7 Å². The summed E-state index contributed by atoms with van der Waals surface area (Å²) in [5.41, 5.74) is 1.84. The van der Waals surface area contributed by atoms with E-state index in [1.54, 1.807) is 17.0 Å². The smallest absolute Gasteiger partial charge is 0.335 e. The molecular formula is C21H23NO4. The van der Waals surface area contributed by atoms with Gasteiger partial charge in [-0.05, 0) is 43.0 Å². The Morgan fingerprint density at radius 2 is 1.85 bits per heavy atom. The first-order chi connectivity index (χ1) is 12.6. The molecule has 1 saturated heterocycles. The van der Waals surface area contributed by atoms with Crippen molar-refractivity contribution >= 4 is 11.9 Å². The van der Waals surface area contributed by atoms with Gasteiger partial charge in [0.05, 0.1) is 11.7 Å². The second-order valence-corrected chi connectivity index (χ2v) is 6.51. The van der Waals surface area contributed by atoms with Crippen molar-refractivity contribution in [2.24, 2.45) is 0 Å². The molecule has 0 aliphatic carbocycles. The van der Waals surface area contributed by atoms with E-state index in [4.69, 9.17) is 9.84 Å². The first-order valence-electron chi connectivity index (χ1n) is 8.91. The van der Waals surface area contributed by atoms with Gasteiger partial charge in [0.15, 0.2) is 0 Å². The molecule has 0 radical (unpaired) electrons. The van der Waals surface area contributed by atoms with Crippen LogP contribution in [0.15, 0.2) is 54.6 Å². The number of aryl methyl sites for hydroxylation is 1. The van der Waals surface area contributed by atoms with Crippen molar-refractivity contribution in [2.45, 2.75) is 25.4 Å². The zero-order valence-electron chi connectivity index (χ0n) is 14.6. The number of amides is 1. The van der Waals surface area contributed by atoms with E-state index in [0.717, 1.165) is 19.3 Å². The molecule has 1 aliphatic rings. The van der Waals surface area contributed by atoms with E-state index in [9.17, 15) is 9.59 Å². The van der Waals surface area contributed by atoms with Crippen LogP contribution >= 0.6 is 0 Å². The van der Waals surface area contributed by atoms with E-state index in [1.807, 2.05) is 18.2 Å². The van der Waals surface area contributed by atoms with Gasteiger partial charge in [-0.1, -0.05) is 36.4 Å². The second kappa shape index (κ2) is 8.63. The zero-order valence-corrected chi connectivity index (χ0v) is 14.6. The first kappa shape index (κ1) is 18.1. The number of carboxylic acids is 1. The third-order valence-corrected chi connectivity index (χ3v) is 4.59. The molecule has 0 spiro atoms. The van der Waals surface area contributed by atoms with Gasteiger partial charge in [0.2, 0.25) is 0 Å². The quantitative estimate of drug-likeness (QED) is 0.776. The Kier molecular flexibility index (Phi) is 6.02. The van der Waals surface area contributed by atoms with Gasteiger partial charge < -0.3 is 14.7 Å². The summed E-state index contributed by atoms with van der Waals surface area (Å²) in [6, 6.07) is 16.5. The molecule has 1 amide bonds. The van der Waals surface area contributed by atoms with Crippen LogP contribution in [0.3, 0.4) is 0 Å². The predicted octanol–water partition coefficient (Wildman–Crippen LogP) is 3.25. The summed E-state index contributed by atoms with van der Waals surface area (Å²) in [6.07, 6.45) is 2.81. The summed E-state index contributed by atoms with van der Waals surface area (Å²) < 4.78 is 5.91. The van der Waals surface area contributed by atoms with Crippen LogP contribution < -0.4 is 0 Å². The molecule has 0 bridgehead atoms. The van der Waals surface area contributed by atoms with Gasteiger partial charge in [0.25, 0.3) is 5.91 Å². The molecule has 26 heavy (non-hydrogen) atoms. The highest BCUT2D eigenvalue weighted by atomic mass is 16.5. The lowest BCUT2D eigenvalue weighted by Crippen LogP contribution is -2.30. The highest BCUT2D eigenvalue weighted by Crippen LogP contribution is 2.17. The van der Waals surface area contributed by atoms with E-state index >= 15 is 0 Å². The van der Waals surface area contributed by atoms with Crippen molar-refractivity contribution in [3.63, 3.8) is 0 Å². The Hall–Kier alpha value is -2.66. The topological polar surface area (TPSA) is 66.8 Å². The van der Waals surface area contributed by atoms with E-state index in [-0.39, 0.29) is 17.6 Å². The summed E-state index contributed by atoms with van der Waals surface area (Å²) >= 11 is 0. The summed E-state index contributed by atoms with van der Waals surface area (Å²) in [4.78, 5) is 25.4. The van der Waals surface area contributed by atoms with E-state index < -0.39 is 5.97 Å². The number of likely N-dealkylation sites (tertiary alicyclic amines) is 1. The number of carbonyl (C=O) groups excluding carboxylic acids is 1. The van der Waals surface area contributed by atoms with Crippen molar-refractivity contribution in [1.82, 2.24) is 4.90 Å². The molecule has 1 N–H and O–H groups in total. The molecule has 0 aromatic heterocycles. The summed E-state index contributed by atoms with van der Waals surface area (Å²) in [5, 5.41) is 9.06. The molecule has 136 valence electrons. The lowest BCUT2D eigenvalue weighted by atomic mass is 10.1. The number of hydrogen-bond acceptors (Lipinski definition) is 3. The summed E-state index contributed by atoms with van der Waals surface area (Å²) in [6.45, 7) is 1.87. The van der Waals surface area contributed by atoms with Crippen molar-refractivity contribution in [1.29, 1.82) is 0 Å². The molecule has 1 aliphatic heterocycles. The van der Waals surface area contributed by atoms with Gasteiger partial charge in [-0.3, -0.25) is 4.79 Å². The van der Waals surface area contributed by atoms with Gasteiger partial charge >= 0.3 is 5.97 Å². The SMILES string of the molecule is O=C(O)c1cccc(C(=O)N2CCC(OCCCc3ccccc3)C2)c1. The molecule has 5 nitrogen and oxygen atoms in total. The van der Waals surface area contributed by atoms with Gasteiger partial charge in [-0.25, -0.2) is 4.79 Å². The zero-order chi connectivity index (χ0) is 18.4. The summed E-state index contributed by atoms with van der Waals surface area (Å²) in [7, 11) is 0. The fourth-order valence-corrected chi connectivity index (χ4v) is 3.19. The maximum atomic E-state index is 12.6. The largest absolute Gasteiger partial charge is 0.478 e. The molecule has 0 saturated carbocycles. The minimum Gasteiger partial charge on any atom is -0.478 e. The third kappa shape index (κ3) is 4.70. The molecule has 1 atom stereocenters. The van der Waals surface area contributed by atoms with E-state index in [0.29, 0.717) is 25.3 Å². The second-order valence-electron chi connectivity index (χ2n) is 6.51. The first-order valence-corrected chi connectivity index (χ1v) is 8.91. The third-order valence-electron chi connectivity index (χ3n) is 4.59. The Morgan fingerprint density at radius 1 is 1.08 bits per heavy atom. The molecule has 3 rings (SSSR count). The Balaban J connectivity index is 1.45. The van der Waals surface area contributed by atoms with Crippen LogP contribution in [0, 0.1) is 0 Å². The number of rotatable bonds is 7. The lowest BCUT2D eigenvalue weighted by Gasteiger charge is -2.17. The number of benzene rings is 2. The van der Waals surface area contributed by atoms with Gasteiger partial charge in [0, 0.05) is 25.3 Å². The minimum atomic E-state index is -1.03. The minimum absolute atomic E-state index is 0.0531. The van der Waals surface area contributed by atoms with Gasteiger partial charge in [0.1, 0.15) is 0 Å².